The van der Waals surface area contributed by atoms with Crippen LogP contribution in [0.3, 0.4) is 0 Å². The van der Waals surface area contributed by atoms with E-state index in [1.165, 1.54) is 19.1 Å². The Morgan fingerprint density at radius 1 is 0.853 bits per heavy atom. The second-order valence-corrected chi connectivity index (χ2v) is 7.82. The van der Waals surface area contributed by atoms with Crippen molar-refractivity contribution in [3.05, 3.63) is 89.2 Å². The average Bonchev–Trinajstić information content (AvgIpc) is 2.78. The molecule has 1 unspecified atom stereocenters. The summed E-state index contributed by atoms with van der Waals surface area (Å²) >= 11 is 5.84. The van der Waals surface area contributed by atoms with Crippen LogP contribution < -0.4 is 9.47 Å². The molecule has 182 valence electrons. The molecule has 0 saturated carbocycles. The van der Waals surface area contributed by atoms with Crippen molar-refractivity contribution in [3.63, 3.8) is 0 Å². The molecule has 0 aliphatic rings. The first-order valence-corrected chi connectivity index (χ1v) is 10.4. The van der Waals surface area contributed by atoms with Crippen LogP contribution in [0.5, 0.6) is 17.2 Å². The highest BCUT2D eigenvalue weighted by molar-refractivity contribution is 6.24. The first-order valence-electron chi connectivity index (χ1n) is 10.0. The molecule has 34 heavy (non-hydrogen) atoms. The number of hydrogen-bond donors (Lipinski definition) is 0. The van der Waals surface area contributed by atoms with E-state index in [9.17, 15) is 26.3 Å². The third-order valence-corrected chi connectivity index (χ3v) is 5.27. The SMILES string of the molecule is CCOc1c(F)cc(C(Cl)(COCc2ccc(F)c(Oc3ccccc3)c2)C(F)(F)F)cc1F. The Labute approximate surface area is 196 Å². The summed E-state index contributed by atoms with van der Waals surface area (Å²) in [5.41, 5.74) is -0.593. The summed E-state index contributed by atoms with van der Waals surface area (Å²) in [5.74, 6) is -3.94. The summed E-state index contributed by atoms with van der Waals surface area (Å²) in [7, 11) is 0. The Hall–Kier alpha value is -2.91. The summed E-state index contributed by atoms with van der Waals surface area (Å²) < 4.78 is 99.3. The lowest BCUT2D eigenvalue weighted by molar-refractivity contribution is -0.179. The molecule has 0 aliphatic carbocycles. The van der Waals surface area contributed by atoms with Gasteiger partial charge in [-0.05, 0) is 54.4 Å². The van der Waals surface area contributed by atoms with Crippen molar-refractivity contribution in [3.8, 4) is 17.2 Å². The summed E-state index contributed by atoms with van der Waals surface area (Å²) in [5, 5.41) is 0. The van der Waals surface area contributed by atoms with Crippen LogP contribution in [0.1, 0.15) is 18.1 Å². The van der Waals surface area contributed by atoms with Crippen molar-refractivity contribution in [2.75, 3.05) is 13.2 Å². The summed E-state index contributed by atoms with van der Waals surface area (Å²) in [6, 6.07) is 12.9. The highest BCUT2D eigenvalue weighted by Crippen LogP contribution is 2.46. The van der Waals surface area contributed by atoms with E-state index < -0.39 is 53.0 Å². The molecule has 3 aromatic carbocycles. The van der Waals surface area contributed by atoms with Gasteiger partial charge >= 0.3 is 6.18 Å². The molecule has 0 bridgehead atoms. The van der Waals surface area contributed by atoms with Crippen LogP contribution in [0.4, 0.5) is 26.3 Å². The van der Waals surface area contributed by atoms with E-state index in [4.69, 9.17) is 25.8 Å². The molecule has 0 aromatic heterocycles. The molecule has 3 aromatic rings. The molecular formula is C24H19ClF6O3. The van der Waals surface area contributed by atoms with E-state index in [0.29, 0.717) is 17.9 Å². The highest BCUT2D eigenvalue weighted by atomic mass is 35.5. The Kier molecular flexibility index (Phi) is 7.99. The molecule has 3 rings (SSSR count). The van der Waals surface area contributed by atoms with Gasteiger partial charge in [-0.25, -0.2) is 13.2 Å². The van der Waals surface area contributed by atoms with Crippen molar-refractivity contribution in [2.45, 2.75) is 24.6 Å². The average molecular weight is 505 g/mol. The largest absolute Gasteiger partial charge is 0.488 e. The molecule has 0 fully saturated rings. The van der Waals surface area contributed by atoms with Gasteiger partial charge in [-0.15, -0.1) is 11.6 Å². The van der Waals surface area contributed by atoms with Crippen LogP contribution in [-0.4, -0.2) is 19.4 Å². The number of halogens is 7. The molecule has 3 nitrogen and oxygen atoms in total. The molecular weight excluding hydrogens is 486 g/mol. The van der Waals surface area contributed by atoms with E-state index in [-0.39, 0.29) is 17.9 Å². The van der Waals surface area contributed by atoms with Gasteiger partial charge in [0, 0.05) is 0 Å². The van der Waals surface area contributed by atoms with Crippen LogP contribution in [0, 0.1) is 17.5 Å². The molecule has 0 spiro atoms. The van der Waals surface area contributed by atoms with Gasteiger partial charge in [0.25, 0.3) is 0 Å². The van der Waals surface area contributed by atoms with Crippen LogP contribution in [0.2, 0.25) is 0 Å². The lowest BCUT2D eigenvalue weighted by Crippen LogP contribution is -2.41. The first kappa shape index (κ1) is 25.7. The molecule has 1 atom stereocenters. The zero-order valence-corrected chi connectivity index (χ0v) is 18.5. The van der Waals surface area contributed by atoms with Crippen LogP contribution >= 0.6 is 11.6 Å². The van der Waals surface area contributed by atoms with E-state index in [1.54, 1.807) is 30.3 Å². The van der Waals surface area contributed by atoms with Crippen molar-refractivity contribution < 1.29 is 40.6 Å². The predicted molar refractivity (Wildman–Crippen MR) is 114 cm³/mol. The molecule has 0 amide bonds. The van der Waals surface area contributed by atoms with E-state index in [1.807, 2.05) is 0 Å². The lowest BCUT2D eigenvalue weighted by atomic mass is 9.97. The monoisotopic (exact) mass is 504 g/mol. The minimum Gasteiger partial charge on any atom is -0.488 e. The number of ether oxygens (including phenoxy) is 3. The minimum absolute atomic E-state index is 0.0881. The molecule has 0 N–H and O–H groups in total. The fraction of sp³-hybridized carbons (Fsp3) is 0.250. The zero-order chi connectivity index (χ0) is 24.9. The predicted octanol–water partition coefficient (Wildman–Crippen LogP) is 7.51. The fourth-order valence-electron chi connectivity index (χ4n) is 3.04. The summed E-state index contributed by atoms with van der Waals surface area (Å²) in [6.07, 6.45) is -5.12. The topological polar surface area (TPSA) is 27.7 Å². The smallest absolute Gasteiger partial charge is 0.413 e. The van der Waals surface area contributed by atoms with Gasteiger partial charge in [-0.1, -0.05) is 24.3 Å². The summed E-state index contributed by atoms with van der Waals surface area (Å²) in [4.78, 5) is -3.25. The maximum Gasteiger partial charge on any atom is 0.413 e. The number of benzene rings is 3. The molecule has 0 aliphatic heterocycles. The van der Waals surface area contributed by atoms with Crippen molar-refractivity contribution in [2.24, 2.45) is 0 Å². The molecule has 0 saturated heterocycles. The number of alkyl halides is 4. The Morgan fingerprint density at radius 2 is 1.50 bits per heavy atom. The second-order valence-electron chi connectivity index (χ2n) is 7.17. The number of hydrogen-bond acceptors (Lipinski definition) is 3. The van der Waals surface area contributed by atoms with Gasteiger partial charge in [-0.2, -0.15) is 13.2 Å². The van der Waals surface area contributed by atoms with Gasteiger partial charge in [0.05, 0.1) is 19.8 Å². The van der Waals surface area contributed by atoms with Crippen molar-refractivity contribution in [1.82, 2.24) is 0 Å². The van der Waals surface area contributed by atoms with E-state index >= 15 is 0 Å². The quantitative estimate of drug-likeness (QED) is 0.223. The Bertz CT molecular complexity index is 1100. The fourth-order valence-corrected chi connectivity index (χ4v) is 3.23. The highest BCUT2D eigenvalue weighted by Gasteiger charge is 2.55. The Balaban J connectivity index is 1.79. The van der Waals surface area contributed by atoms with Crippen LogP contribution in [-0.2, 0) is 16.2 Å². The van der Waals surface area contributed by atoms with Gasteiger partial charge in [0.15, 0.2) is 33.8 Å². The normalized spacial score (nSPS) is 13.4. The first-order chi connectivity index (χ1) is 16.0. The molecule has 0 radical (unpaired) electrons. The zero-order valence-electron chi connectivity index (χ0n) is 17.8. The lowest BCUT2D eigenvalue weighted by Gasteiger charge is -2.30. The minimum atomic E-state index is -5.12. The third kappa shape index (κ3) is 5.77. The summed E-state index contributed by atoms with van der Waals surface area (Å²) in [6.45, 7) is -0.196. The molecule has 0 heterocycles. The van der Waals surface area contributed by atoms with E-state index in [0.717, 1.165) is 6.07 Å². The van der Waals surface area contributed by atoms with Gasteiger partial charge in [0.2, 0.25) is 0 Å². The Morgan fingerprint density at radius 3 is 2.09 bits per heavy atom. The van der Waals surface area contributed by atoms with Gasteiger partial charge in [-0.3, -0.25) is 0 Å². The van der Waals surface area contributed by atoms with Gasteiger partial charge in [0.1, 0.15) is 5.75 Å². The van der Waals surface area contributed by atoms with Gasteiger partial charge < -0.3 is 14.2 Å². The number of para-hydroxylation sites is 1. The van der Waals surface area contributed by atoms with E-state index in [2.05, 4.69) is 0 Å². The maximum absolute atomic E-state index is 14.2. The maximum atomic E-state index is 14.2. The van der Waals surface area contributed by atoms with Crippen molar-refractivity contribution >= 4 is 11.6 Å². The number of rotatable bonds is 9. The third-order valence-electron chi connectivity index (χ3n) is 4.73. The molecule has 10 heteroatoms. The van der Waals surface area contributed by atoms with Crippen LogP contribution in [0.15, 0.2) is 60.7 Å². The van der Waals surface area contributed by atoms with Crippen LogP contribution in [0.25, 0.3) is 0 Å². The standard InChI is InChI=1S/C24H19ClF6O3/c1-2-33-22-19(27)11-16(12-20(22)28)23(25,24(29,30)31)14-32-13-15-8-9-18(26)21(10-15)34-17-6-4-3-5-7-17/h3-12H,2,13-14H2,1H3. The van der Waals surface area contributed by atoms with Crippen molar-refractivity contribution in [1.29, 1.82) is 0 Å². The second kappa shape index (κ2) is 10.6.